The second kappa shape index (κ2) is 6.86. The van der Waals surface area contributed by atoms with Gasteiger partial charge in [-0.25, -0.2) is 0 Å². The minimum absolute atomic E-state index is 0.0534. The molecular weight excluding hydrogens is 232 g/mol. The van der Waals surface area contributed by atoms with Crippen LogP contribution < -0.4 is 20.1 Å². The van der Waals surface area contributed by atoms with Crippen LogP contribution in [-0.4, -0.2) is 33.2 Å². The predicted molar refractivity (Wildman–Crippen MR) is 69.9 cm³/mol. The molecule has 5 nitrogen and oxygen atoms in total. The highest BCUT2D eigenvalue weighted by molar-refractivity contribution is 5.81. The van der Waals surface area contributed by atoms with E-state index in [1.807, 2.05) is 18.2 Å². The summed E-state index contributed by atoms with van der Waals surface area (Å²) in [7, 11) is 4.95. The molecular formula is C13H20N2O3. The number of hydrogen-bond donors (Lipinski definition) is 2. The molecule has 0 fully saturated rings. The van der Waals surface area contributed by atoms with Crippen LogP contribution in [0.4, 0.5) is 0 Å². The molecule has 18 heavy (non-hydrogen) atoms. The molecule has 0 spiro atoms. The lowest BCUT2D eigenvalue weighted by Gasteiger charge is -2.14. The molecule has 0 aliphatic heterocycles. The molecule has 1 atom stereocenters. The smallest absolute Gasteiger partial charge is 0.237 e. The van der Waals surface area contributed by atoms with Crippen molar-refractivity contribution in [2.24, 2.45) is 0 Å². The number of methoxy groups -OCH3 is 2. The van der Waals surface area contributed by atoms with E-state index in [4.69, 9.17) is 9.47 Å². The summed E-state index contributed by atoms with van der Waals surface area (Å²) in [5, 5.41) is 5.72. The van der Waals surface area contributed by atoms with Crippen LogP contribution in [-0.2, 0) is 11.3 Å². The van der Waals surface area contributed by atoms with Gasteiger partial charge in [-0.1, -0.05) is 0 Å². The number of rotatable bonds is 6. The van der Waals surface area contributed by atoms with Crippen LogP contribution in [0.15, 0.2) is 18.2 Å². The Morgan fingerprint density at radius 1 is 1.33 bits per heavy atom. The van der Waals surface area contributed by atoms with Gasteiger partial charge in [-0.2, -0.15) is 0 Å². The minimum Gasteiger partial charge on any atom is -0.497 e. The van der Waals surface area contributed by atoms with Gasteiger partial charge in [0.15, 0.2) is 0 Å². The van der Waals surface area contributed by atoms with Crippen LogP contribution in [0, 0.1) is 0 Å². The number of ether oxygens (including phenoxy) is 2. The van der Waals surface area contributed by atoms with Crippen molar-refractivity contribution in [1.29, 1.82) is 0 Å². The Morgan fingerprint density at radius 3 is 2.61 bits per heavy atom. The number of nitrogens with one attached hydrogen (secondary N) is 2. The lowest BCUT2D eigenvalue weighted by atomic mass is 10.2. The molecule has 1 aromatic rings. The monoisotopic (exact) mass is 252 g/mol. The summed E-state index contributed by atoms with van der Waals surface area (Å²) >= 11 is 0. The molecule has 2 N–H and O–H groups in total. The molecule has 1 rings (SSSR count). The summed E-state index contributed by atoms with van der Waals surface area (Å²) in [5.41, 5.74) is 0.883. The summed E-state index contributed by atoms with van der Waals surface area (Å²) in [6.45, 7) is 2.21. The normalized spacial score (nSPS) is 11.8. The Labute approximate surface area is 107 Å². The summed E-state index contributed by atoms with van der Waals surface area (Å²) < 4.78 is 10.4. The first-order chi connectivity index (χ1) is 8.62. The Balaban J connectivity index is 2.73. The SMILES string of the molecule is CNC(C)C(=O)NCc1cc(OC)ccc1OC. The fourth-order valence-corrected chi connectivity index (χ4v) is 1.49. The van der Waals surface area contributed by atoms with Gasteiger partial charge in [-0.05, 0) is 32.2 Å². The molecule has 0 heterocycles. The number of benzene rings is 1. The van der Waals surface area contributed by atoms with E-state index < -0.39 is 0 Å². The molecule has 0 aliphatic carbocycles. The first-order valence-corrected chi connectivity index (χ1v) is 5.78. The zero-order valence-corrected chi connectivity index (χ0v) is 11.2. The zero-order valence-electron chi connectivity index (χ0n) is 11.2. The lowest BCUT2D eigenvalue weighted by molar-refractivity contribution is -0.122. The molecule has 0 saturated carbocycles. The highest BCUT2D eigenvalue weighted by atomic mass is 16.5. The summed E-state index contributed by atoms with van der Waals surface area (Å²) in [5.74, 6) is 1.41. The lowest BCUT2D eigenvalue weighted by Crippen LogP contribution is -2.40. The molecule has 0 radical (unpaired) electrons. The number of carbonyl (C=O) groups is 1. The standard InChI is InChI=1S/C13H20N2O3/c1-9(14-2)13(16)15-8-10-7-11(17-3)5-6-12(10)18-4/h5-7,9,14H,8H2,1-4H3,(H,15,16). The van der Waals surface area contributed by atoms with Crippen LogP contribution in [0.1, 0.15) is 12.5 Å². The number of likely N-dealkylation sites (N-methyl/N-ethyl adjacent to an activating group) is 1. The van der Waals surface area contributed by atoms with Crippen molar-refractivity contribution >= 4 is 5.91 Å². The zero-order chi connectivity index (χ0) is 13.5. The van der Waals surface area contributed by atoms with E-state index in [0.29, 0.717) is 6.54 Å². The van der Waals surface area contributed by atoms with Gasteiger partial charge >= 0.3 is 0 Å². The van der Waals surface area contributed by atoms with Gasteiger partial charge in [0.05, 0.1) is 20.3 Å². The topological polar surface area (TPSA) is 59.6 Å². The first kappa shape index (κ1) is 14.3. The molecule has 1 aromatic carbocycles. The van der Waals surface area contributed by atoms with Crippen molar-refractivity contribution < 1.29 is 14.3 Å². The third-order valence-corrected chi connectivity index (χ3v) is 2.77. The average Bonchev–Trinajstić information content (AvgIpc) is 2.43. The average molecular weight is 252 g/mol. The number of hydrogen-bond acceptors (Lipinski definition) is 4. The van der Waals surface area contributed by atoms with Crippen LogP contribution in [0.5, 0.6) is 11.5 Å². The summed E-state index contributed by atoms with van der Waals surface area (Å²) in [6, 6.07) is 5.27. The molecule has 0 saturated heterocycles. The van der Waals surface area contributed by atoms with Gasteiger partial charge in [-0.3, -0.25) is 4.79 Å². The Kier molecular flexibility index (Phi) is 5.45. The fourth-order valence-electron chi connectivity index (χ4n) is 1.49. The Bertz CT molecular complexity index is 407. The first-order valence-electron chi connectivity index (χ1n) is 5.78. The van der Waals surface area contributed by atoms with Crippen LogP contribution in [0.3, 0.4) is 0 Å². The van der Waals surface area contributed by atoms with E-state index >= 15 is 0 Å². The quantitative estimate of drug-likeness (QED) is 0.790. The largest absolute Gasteiger partial charge is 0.497 e. The van der Waals surface area contributed by atoms with Gasteiger partial charge in [0, 0.05) is 12.1 Å². The van der Waals surface area contributed by atoms with Crippen molar-refractivity contribution in [2.45, 2.75) is 19.5 Å². The van der Waals surface area contributed by atoms with Gasteiger partial charge in [0.1, 0.15) is 11.5 Å². The second-order valence-electron chi connectivity index (χ2n) is 3.91. The van der Waals surface area contributed by atoms with Gasteiger partial charge in [-0.15, -0.1) is 0 Å². The van der Waals surface area contributed by atoms with Crippen molar-refractivity contribution in [3.05, 3.63) is 23.8 Å². The Morgan fingerprint density at radius 2 is 2.06 bits per heavy atom. The van der Waals surface area contributed by atoms with E-state index in [1.165, 1.54) is 0 Å². The molecule has 1 amide bonds. The maximum atomic E-state index is 11.7. The van der Waals surface area contributed by atoms with E-state index in [-0.39, 0.29) is 11.9 Å². The van der Waals surface area contributed by atoms with Crippen molar-refractivity contribution in [3.8, 4) is 11.5 Å². The maximum absolute atomic E-state index is 11.7. The Hall–Kier alpha value is -1.75. The van der Waals surface area contributed by atoms with E-state index in [0.717, 1.165) is 17.1 Å². The van der Waals surface area contributed by atoms with Gasteiger partial charge < -0.3 is 20.1 Å². The highest BCUT2D eigenvalue weighted by Gasteiger charge is 2.11. The maximum Gasteiger partial charge on any atom is 0.237 e. The van der Waals surface area contributed by atoms with Crippen LogP contribution in [0.25, 0.3) is 0 Å². The summed E-state index contributed by atoms with van der Waals surface area (Å²) in [6.07, 6.45) is 0. The third-order valence-electron chi connectivity index (χ3n) is 2.77. The van der Waals surface area contributed by atoms with E-state index in [9.17, 15) is 4.79 Å². The molecule has 100 valence electrons. The fraction of sp³-hybridized carbons (Fsp3) is 0.462. The van der Waals surface area contributed by atoms with E-state index in [2.05, 4.69) is 10.6 Å². The van der Waals surface area contributed by atoms with Crippen LogP contribution >= 0.6 is 0 Å². The van der Waals surface area contributed by atoms with Gasteiger partial charge in [0.25, 0.3) is 0 Å². The second-order valence-corrected chi connectivity index (χ2v) is 3.91. The summed E-state index contributed by atoms with van der Waals surface area (Å²) in [4.78, 5) is 11.7. The van der Waals surface area contributed by atoms with E-state index in [1.54, 1.807) is 28.2 Å². The van der Waals surface area contributed by atoms with Crippen molar-refractivity contribution in [1.82, 2.24) is 10.6 Å². The van der Waals surface area contributed by atoms with Gasteiger partial charge in [0.2, 0.25) is 5.91 Å². The number of carbonyl (C=O) groups excluding carboxylic acids is 1. The highest BCUT2D eigenvalue weighted by Crippen LogP contribution is 2.23. The molecule has 1 unspecified atom stereocenters. The molecule has 0 aromatic heterocycles. The predicted octanol–water partition coefficient (Wildman–Crippen LogP) is 0.928. The van der Waals surface area contributed by atoms with Crippen molar-refractivity contribution in [3.63, 3.8) is 0 Å². The third kappa shape index (κ3) is 3.63. The van der Waals surface area contributed by atoms with Crippen molar-refractivity contribution in [2.75, 3.05) is 21.3 Å². The molecule has 0 bridgehead atoms. The minimum atomic E-state index is -0.221. The van der Waals surface area contributed by atoms with Crippen LogP contribution in [0.2, 0.25) is 0 Å². The number of amides is 1. The molecule has 0 aliphatic rings. The molecule has 5 heteroatoms.